The van der Waals surface area contributed by atoms with Gasteiger partial charge in [-0.2, -0.15) is 0 Å². The molecule has 0 spiro atoms. The number of ether oxygens (including phenoxy) is 2. The monoisotopic (exact) mass is 474 g/mol. The minimum absolute atomic E-state index is 0.165. The molecule has 35 heavy (non-hydrogen) atoms. The summed E-state index contributed by atoms with van der Waals surface area (Å²) >= 11 is 0. The van der Waals surface area contributed by atoms with Gasteiger partial charge in [0.05, 0.1) is 7.11 Å². The molecule has 0 aliphatic heterocycles. The van der Waals surface area contributed by atoms with Crippen molar-refractivity contribution in [3.05, 3.63) is 95.6 Å². The molecule has 6 nitrogen and oxygen atoms in total. The van der Waals surface area contributed by atoms with Gasteiger partial charge in [-0.3, -0.25) is 9.59 Å². The van der Waals surface area contributed by atoms with Gasteiger partial charge in [0.2, 0.25) is 5.91 Å². The van der Waals surface area contributed by atoms with Crippen molar-refractivity contribution < 1.29 is 19.1 Å². The summed E-state index contributed by atoms with van der Waals surface area (Å²) in [5.74, 6) is 0.851. The number of rotatable bonds is 12. The van der Waals surface area contributed by atoms with Crippen LogP contribution in [0.1, 0.15) is 30.0 Å². The summed E-state index contributed by atoms with van der Waals surface area (Å²) in [5.41, 5.74) is 3.04. The number of nitrogens with zero attached hydrogens (tertiary/aromatic N) is 1. The van der Waals surface area contributed by atoms with E-state index < -0.39 is 6.04 Å². The lowest BCUT2D eigenvalue weighted by Gasteiger charge is -2.32. The number of methoxy groups -OCH3 is 1. The molecule has 0 bridgehead atoms. The first-order valence-corrected chi connectivity index (χ1v) is 11.9. The molecule has 0 aliphatic rings. The summed E-state index contributed by atoms with van der Waals surface area (Å²) in [6.45, 7) is 4.71. The zero-order valence-corrected chi connectivity index (χ0v) is 20.7. The Balaban J connectivity index is 1.88. The Morgan fingerprint density at radius 2 is 1.57 bits per heavy atom. The maximum Gasteiger partial charge on any atom is 0.261 e. The first-order chi connectivity index (χ1) is 17.0. The summed E-state index contributed by atoms with van der Waals surface area (Å²) in [4.78, 5) is 28.5. The van der Waals surface area contributed by atoms with E-state index in [-0.39, 0.29) is 18.4 Å². The van der Waals surface area contributed by atoms with E-state index in [9.17, 15) is 9.59 Å². The molecule has 3 rings (SSSR count). The molecule has 3 aromatic rings. The Hall–Kier alpha value is -3.80. The van der Waals surface area contributed by atoms with E-state index in [0.29, 0.717) is 31.0 Å². The Kier molecular flexibility index (Phi) is 9.72. The van der Waals surface area contributed by atoms with Crippen molar-refractivity contribution in [3.63, 3.8) is 0 Å². The zero-order chi connectivity index (χ0) is 25.0. The van der Waals surface area contributed by atoms with E-state index in [1.165, 1.54) is 0 Å². The molecule has 0 radical (unpaired) electrons. The third kappa shape index (κ3) is 7.60. The number of nitrogens with one attached hydrogen (secondary N) is 1. The average Bonchev–Trinajstić information content (AvgIpc) is 2.89. The van der Waals surface area contributed by atoms with Gasteiger partial charge in [-0.15, -0.1) is 0 Å². The van der Waals surface area contributed by atoms with E-state index in [1.807, 2.05) is 68.4 Å². The Morgan fingerprint density at radius 3 is 2.23 bits per heavy atom. The molecular formula is C29H34N2O4. The van der Waals surface area contributed by atoms with Crippen LogP contribution in [0.3, 0.4) is 0 Å². The first-order valence-electron chi connectivity index (χ1n) is 11.9. The largest absolute Gasteiger partial charge is 0.497 e. The summed E-state index contributed by atoms with van der Waals surface area (Å²) in [6, 6.07) is 24.1. The lowest BCUT2D eigenvalue weighted by atomic mass is 10.0. The molecule has 6 heteroatoms. The average molecular weight is 475 g/mol. The maximum atomic E-state index is 13.6. The van der Waals surface area contributed by atoms with Crippen molar-refractivity contribution in [1.82, 2.24) is 10.2 Å². The van der Waals surface area contributed by atoms with Gasteiger partial charge in [0.15, 0.2) is 6.61 Å². The quantitative estimate of drug-likeness (QED) is 0.418. The maximum absolute atomic E-state index is 13.6. The normalized spacial score (nSPS) is 11.4. The van der Waals surface area contributed by atoms with Gasteiger partial charge >= 0.3 is 0 Å². The van der Waals surface area contributed by atoms with Crippen LogP contribution in [0.2, 0.25) is 0 Å². The topological polar surface area (TPSA) is 67.9 Å². The molecule has 0 fully saturated rings. The van der Waals surface area contributed by atoms with Gasteiger partial charge in [0.1, 0.15) is 17.5 Å². The Morgan fingerprint density at radius 1 is 0.914 bits per heavy atom. The highest BCUT2D eigenvalue weighted by Crippen LogP contribution is 2.19. The lowest BCUT2D eigenvalue weighted by molar-refractivity contribution is -0.142. The van der Waals surface area contributed by atoms with E-state index in [4.69, 9.17) is 9.47 Å². The minimum Gasteiger partial charge on any atom is -0.497 e. The second-order valence-corrected chi connectivity index (χ2v) is 8.41. The number of hydrogen-bond donors (Lipinski definition) is 1. The predicted octanol–water partition coefficient (Wildman–Crippen LogP) is 4.55. The van der Waals surface area contributed by atoms with E-state index in [2.05, 4.69) is 5.32 Å². The fourth-order valence-corrected chi connectivity index (χ4v) is 3.79. The summed E-state index contributed by atoms with van der Waals surface area (Å²) in [7, 11) is 1.60. The van der Waals surface area contributed by atoms with Crippen LogP contribution in [0.15, 0.2) is 78.9 Å². The van der Waals surface area contributed by atoms with Gasteiger partial charge in [0.25, 0.3) is 5.91 Å². The smallest absolute Gasteiger partial charge is 0.261 e. The van der Waals surface area contributed by atoms with Crippen LogP contribution in [0, 0.1) is 6.92 Å². The van der Waals surface area contributed by atoms with Crippen LogP contribution >= 0.6 is 0 Å². The van der Waals surface area contributed by atoms with Crippen molar-refractivity contribution in [3.8, 4) is 11.5 Å². The van der Waals surface area contributed by atoms with Gasteiger partial charge in [-0.1, -0.05) is 61.5 Å². The highest BCUT2D eigenvalue weighted by molar-refractivity contribution is 5.88. The molecule has 0 saturated heterocycles. The van der Waals surface area contributed by atoms with E-state index in [1.54, 1.807) is 36.3 Å². The van der Waals surface area contributed by atoms with Crippen LogP contribution in [-0.4, -0.2) is 43.0 Å². The van der Waals surface area contributed by atoms with E-state index >= 15 is 0 Å². The molecule has 0 unspecified atom stereocenters. The molecule has 3 aromatic carbocycles. The molecule has 1 N–H and O–H groups in total. The lowest BCUT2D eigenvalue weighted by Crippen LogP contribution is -2.51. The highest BCUT2D eigenvalue weighted by atomic mass is 16.5. The third-order valence-corrected chi connectivity index (χ3v) is 5.84. The van der Waals surface area contributed by atoms with Gasteiger partial charge in [-0.25, -0.2) is 0 Å². The number of aryl methyl sites for hydroxylation is 1. The molecule has 1 atom stereocenters. The zero-order valence-electron chi connectivity index (χ0n) is 20.7. The fourth-order valence-electron chi connectivity index (χ4n) is 3.79. The standard InChI is InChI=1S/C29H34N2O4/c1-4-18-30-29(33)27(19-23-11-6-5-7-12-23)31(20-24-13-9-8-10-22(24)2)28(32)21-35-26-16-14-25(34-3)15-17-26/h5-17,27H,4,18-21H2,1-3H3,(H,30,33)/t27-/m0/s1. The molecule has 0 aliphatic carbocycles. The number of carbonyl (C=O) groups excluding carboxylic acids is 2. The van der Waals surface area contributed by atoms with Crippen LogP contribution in [-0.2, 0) is 22.6 Å². The van der Waals surface area contributed by atoms with Crippen LogP contribution in [0.5, 0.6) is 11.5 Å². The van der Waals surface area contributed by atoms with Crippen molar-refractivity contribution in [2.75, 3.05) is 20.3 Å². The van der Waals surface area contributed by atoms with Gasteiger partial charge < -0.3 is 19.7 Å². The van der Waals surface area contributed by atoms with Crippen molar-refractivity contribution in [1.29, 1.82) is 0 Å². The van der Waals surface area contributed by atoms with Crippen LogP contribution in [0.25, 0.3) is 0 Å². The molecule has 0 saturated carbocycles. The number of hydrogen-bond acceptors (Lipinski definition) is 4. The van der Waals surface area contributed by atoms with Crippen molar-refractivity contribution in [2.45, 2.75) is 39.3 Å². The van der Waals surface area contributed by atoms with Crippen molar-refractivity contribution in [2.24, 2.45) is 0 Å². The van der Waals surface area contributed by atoms with E-state index in [0.717, 1.165) is 23.1 Å². The molecule has 184 valence electrons. The molecule has 0 aromatic heterocycles. The van der Waals surface area contributed by atoms with Crippen LogP contribution in [0.4, 0.5) is 0 Å². The summed E-state index contributed by atoms with van der Waals surface area (Å²) in [6.07, 6.45) is 1.23. The molecular weight excluding hydrogens is 440 g/mol. The van der Waals surface area contributed by atoms with Crippen LogP contribution < -0.4 is 14.8 Å². The first kappa shape index (κ1) is 25.8. The molecule has 0 heterocycles. The third-order valence-electron chi connectivity index (χ3n) is 5.84. The van der Waals surface area contributed by atoms with Gasteiger partial charge in [0, 0.05) is 19.5 Å². The van der Waals surface area contributed by atoms with Crippen molar-refractivity contribution >= 4 is 11.8 Å². The minimum atomic E-state index is -0.671. The Labute approximate surface area is 207 Å². The fraction of sp³-hybridized carbons (Fsp3) is 0.310. The number of amides is 2. The number of carbonyl (C=O) groups is 2. The summed E-state index contributed by atoms with van der Waals surface area (Å²) in [5, 5.41) is 2.99. The van der Waals surface area contributed by atoms with Gasteiger partial charge in [-0.05, 0) is 54.3 Å². The predicted molar refractivity (Wildman–Crippen MR) is 137 cm³/mol. The summed E-state index contributed by atoms with van der Waals surface area (Å²) < 4.78 is 11.0. The highest BCUT2D eigenvalue weighted by Gasteiger charge is 2.30. The number of benzene rings is 3. The SMILES string of the molecule is CCCNC(=O)[C@H](Cc1ccccc1)N(Cc1ccccc1C)C(=O)COc1ccc(OC)cc1. The Bertz CT molecular complexity index is 1080. The second-order valence-electron chi connectivity index (χ2n) is 8.41. The second kappa shape index (κ2) is 13.2. The molecule has 2 amide bonds.